The van der Waals surface area contributed by atoms with Crippen molar-refractivity contribution in [1.29, 1.82) is 0 Å². The molecule has 0 aliphatic carbocycles. The Morgan fingerprint density at radius 1 is 0.478 bits per heavy atom. The Labute approximate surface area is 524 Å². The van der Waals surface area contributed by atoms with E-state index < -0.39 is 172 Å². The first kappa shape index (κ1) is 65.5. The van der Waals surface area contributed by atoms with Crippen LogP contribution in [0.5, 0.6) is 0 Å². The molecule has 4 bridgehead atoms. The first-order valence-electron chi connectivity index (χ1n) is 25.9. The number of nitrogens with zero attached hydrogens (tertiary/aromatic N) is 16. The summed E-state index contributed by atoms with van der Waals surface area (Å²) in [7, 11) is -19.7. The molecular formula is C42H50F2N21NaO20P2S2. The van der Waals surface area contributed by atoms with Crippen LogP contribution in [0.2, 0.25) is 0 Å². The standard InChI is InChI=1S/2C21H24FN10O10PS.H3N.Na/c2*22-10-14-9(40-20(10)31-6-29-11-16(23)25-4-27-18(11)31)3-38-43(34,35)41-15-13(33)8(1-2-44(36,37)42-14)39-21(15)32-7-30-12-17(24)26-5-28-19(12)32;;/h2*4-10,13-15,20-21,33H,1-3H2,(H,34,35)(H2,23,25,27)(H2,24,26,28);1H3;/q;;;+1/p-1/t2*8?,9-,10-,13-,14-,15-,20?,21-;;/m11../s1. The van der Waals surface area contributed by atoms with E-state index in [-0.39, 0.29) is 104 Å². The van der Waals surface area contributed by atoms with Crippen LogP contribution in [0, 0.1) is 0 Å². The molecule has 0 spiro atoms. The zero-order chi connectivity index (χ0) is 61.9. The number of hydrogen-bond donors (Lipinski definition) is 7. The number of nitrogen functional groups attached to an aromatic ring is 4. The van der Waals surface area contributed by atoms with Crippen LogP contribution in [0.25, 0.3) is 44.7 Å². The summed E-state index contributed by atoms with van der Waals surface area (Å²) < 4.78 is 169. The SMILES string of the molecule is Nc1ncnc2c1ncn2C1O[C@@H]2COP(=O)([O-])O[C@@H]3[C@H](O)C(CCS(=O)(=O)O[C@H]2[C@H]1F)O[C@H]3n1cnc2c(N)ncnc21.Nc1ncnc2c1ncn2C1O[C@@H]2COP(=O)([O-])O[C@@H]3[C@H](O)C(CCS(=O)(=O)O[C@H]2[C@H]1F)O[C@H]3n1cnc2c(N)ncnc21.[NH4+].[Na+]. The number of hydrogen-bond acceptors (Lipinski definition) is 36. The van der Waals surface area contributed by atoms with Crippen LogP contribution in [0.1, 0.15) is 37.8 Å². The third kappa shape index (κ3) is 12.2. The van der Waals surface area contributed by atoms with Gasteiger partial charge in [0, 0.05) is 0 Å². The van der Waals surface area contributed by atoms with E-state index in [2.05, 4.69) is 59.8 Å². The smallest absolute Gasteiger partial charge is 0.756 e. The maximum atomic E-state index is 15.9. The van der Waals surface area contributed by atoms with Crippen LogP contribution in [0.3, 0.4) is 0 Å². The van der Waals surface area contributed by atoms with E-state index in [4.69, 9.17) is 68.3 Å². The molecule has 90 heavy (non-hydrogen) atoms. The molecule has 6 aliphatic rings. The fourth-order valence-corrected chi connectivity index (χ4v) is 15.0. The fourth-order valence-electron chi connectivity index (χ4n) is 10.8. The first-order chi connectivity index (χ1) is 41.8. The third-order valence-corrected chi connectivity index (χ3v) is 19.4. The summed E-state index contributed by atoms with van der Waals surface area (Å²) in [5.74, 6) is -1.43. The predicted octanol–water partition coefficient (Wildman–Crippen LogP) is -5.99. The molecule has 41 nitrogen and oxygen atoms in total. The molecule has 48 heteroatoms. The number of aromatic nitrogens is 16. The molecule has 14 rings (SSSR count). The Bertz CT molecular complexity index is 4070. The molecule has 6 fully saturated rings. The van der Waals surface area contributed by atoms with Crippen molar-refractivity contribution in [2.24, 2.45) is 0 Å². The topological polar surface area (TPSA) is 596 Å². The van der Waals surface area contributed by atoms with Gasteiger partial charge in [-0.05, 0) is 12.8 Å². The van der Waals surface area contributed by atoms with Crippen LogP contribution in [-0.2, 0) is 74.8 Å². The molecule has 18 atom stereocenters. The zero-order valence-electron chi connectivity index (χ0n) is 46.3. The number of halogens is 2. The van der Waals surface area contributed by atoms with E-state index in [0.717, 1.165) is 47.1 Å². The van der Waals surface area contributed by atoms with Crippen molar-refractivity contribution in [2.75, 3.05) is 47.7 Å². The molecule has 8 aromatic rings. The number of anilines is 4. The number of nitrogens with two attached hydrogens (primary N) is 4. The molecule has 6 aliphatic heterocycles. The second-order valence-corrected chi connectivity index (χ2v) is 26.5. The summed E-state index contributed by atoms with van der Waals surface area (Å²) >= 11 is 0. The Morgan fingerprint density at radius 3 is 1.08 bits per heavy atom. The zero-order valence-corrected chi connectivity index (χ0v) is 51.7. The van der Waals surface area contributed by atoms with E-state index in [1.807, 2.05) is 0 Å². The minimum atomic E-state index is -5.32. The number of aliphatic hydroxyl groups is 2. The molecule has 8 aromatic heterocycles. The van der Waals surface area contributed by atoms with Gasteiger partial charge in [0.1, 0.15) is 96.2 Å². The summed E-state index contributed by atoms with van der Waals surface area (Å²) in [6.07, 6.45) is -17.7. The van der Waals surface area contributed by atoms with Gasteiger partial charge in [-0.1, -0.05) is 0 Å². The molecule has 0 aromatic carbocycles. The van der Waals surface area contributed by atoms with E-state index in [9.17, 15) is 46.0 Å². The third-order valence-electron chi connectivity index (χ3n) is 14.9. The van der Waals surface area contributed by atoms with Crippen molar-refractivity contribution in [3.8, 4) is 0 Å². The number of imidazole rings is 4. The maximum Gasteiger partial charge on any atom is 1.00 e. The van der Waals surface area contributed by atoms with Gasteiger partial charge >= 0.3 is 29.6 Å². The van der Waals surface area contributed by atoms with Crippen LogP contribution in [0.15, 0.2) is 50.6 Å². The van der Waals surface area contributed by atoms with Crippen molar-refractivity contribution in [3.05, 3.63) is 50.6 Å². The second kappa shape index (κ2) is 24.8. The van der Waals surface area contributed by atoms with Gasteiger partial charge in [0.05, 0.1) is 62.2 Å². The van der Waals surface area contributed by atoms with Gasteiger partial charge in [0.25, 0.3) is 35.9 Å². The van der Waals surface area contributed by atoms with Crippen LogP contribution < -0.4 is 68.4 Å². The molecule has 14 N–H and O–H groups in total. The van der Waals surface area contributed by atoms with Crippen LogP contribution >= 0.6 is 15.6 Å². The van der Waals surface area contributed by atoms with Gasteiger partial charge < -0.3 is 86.1 Å². The van der Waals surface area contributed by atoms with Crippen LogP contribution in [0.4, 0.5) is 32.1 Å². The summed E-state index contributed by atoms with van der Waals surface area (Å²) in [6, 6.07) is 0. The summed E-state index contributed by atoms with van der Waals surface area (Å²) in [5, 5.41) is 22.0. The number of fused-ring (bicyclic) bond motifs is 10. The van der Waals surface area contributed by atoms with E-state index >= 15 is 8.78 Å². The summed E-state index contributed by atoms with van der Waals surface area (Å²) in [6.45, 7) is -1.84. The van der Waals surface area contributed by atoms with Gasteiger partial charge in [-0.15, -0.1) is 0 Å². The molecule has 480 valence electrons. The molecule has 0 amide bonds. The normalized spacial score (nSPS) is 35.3. The second-order valence-electron chi connectivity index (χ2n) is 20.3. The first-order valence-corrected chi connectivity index (χ1v) is 32.0. The van der Waals surface area contributed by atoms with Gasteiger partial charge in [0.2, 0.25) is 0 Å². The van der Waals surface area contributed by atoms with Crippen molar-refractivity contribution >= 4 is 104 Å². The number of ether oxygens (including phenoxy) is 4. The summed E-state index contributed by atoms with van der Waals surface area (Å²) in [5.41, 5.74) is 24.3. The predicted molar refractivity (Wildman–Crippen MR) is 286 cm³/mol. The molecule has 0 saturated carbocycles. The number of rotatable bonds is 4. The minimum absolute atomic E-state index is 0. The Morgan fingerprint density at radius 2 is 0.767 bits per heavy atom. The van der Waals surface area contributed by atoms with E-state index in [1.54, 1.807) is 0 Å². The van der Waals surface area contributed by atoms with Crippen molar-refractivity contribution in [3.63, 3.8) is 0 Å². The van der Waals surface area contributed by atoms with E-state index in [1.165, 1.54) is 21.8 Å². The average Bonchev–Trinajstić information content (AvgIpc) is 1.65. The van der Waals surface area contributed by atoms with Crippen LogP contribution in [-0.4, -0.2) is 203 Å². The molecule has 6 unspecified atom stereocenters. The number of quaternary nitrogens is 1. The number of phosphoric ester groups is 2. The minimum Gasteiger partial charge on any atom is -0.756 e. The Kier molecular flexibility index (Phi) is 18.1. The largest absolute Gasteiger partial charge is 1.00 e. The van der Waals surface area contributed by atoms with Crippen molar-refractivity contribution in [1.82, 2.24) is 84.2 Å². The number of phosphoric acid groups is 2. The van der Waals surface area contributed by atoms with Gasteiger partial charge in [-0.2, -0.15) is 16.8 Å². The van der Waals surface area contributed by atoms with Crippen molar-refractivity contribution < 1.29 is 130 Å². The number of aliphatic hydroxyl groups excluding tert-OH is 2. The molecule has 14 heterocycles. The van der Waals surface area contributed by atoms with Gasteiger partial charge in [0.15, 0.2) is 83.1 Å². The maximum absolute atomic E-state index is 15.9. The molecule has 0 radical (unpaired) electrons. The van der Waals surface area contributed by atoms with E-state index in [0.29, 0.717) is 0 Å². The summed E-state index contributed by atoms with van der Waals surface area (Å²) in [4.78, 5) is 74.0. The Hall–Kier alpha value is -5.98. The van der Waals surface area contributed by atoms with Gasteiger partial charge in [-0.25, -0.2) is 68.6 Å². The van der Waals surface area contributed by atoms with Crippen molar-refractivity contribution in [2.45, 2.75) is 111 Å². The molecule has 6 saturated heterocycles. The Balaban J connectivity index is 0.000000181. The number of alkyl halides is 2. The average molecular weight is 1360 g/mol. The fraction of sp³-hybridized carbons (Fsp3) is 0.524. The molecular weight excluding hydrogens is 1310 g/mol. The van der Waals surface area contributed by atoms with Gasteiger partial charge in [-0.3, -0.25) is 35.8 Å². The quantitative estimate of drug-likeness (QED) is 0.0490. The monoisotopic (exact) mass is 1360 g/mol.